The summed E-state index contributed by atoms with van der Waals surface area (Å²) < 4.78 is 0. The molecule has 1 heterocycles. The second-order valence-corrected chi connectivity index (χ2v) is 4.89. The molecule has 16 heavy (non-hydrogen) atoms. The van der Waals surface area contributed by atoms with E-state index in [4.69, 9.17) is 11.6 Å². The summed E-state index contributed by atoms with van der Waals surface area (Å²) in [7, 11) is 0. The highest BCUT2D eigenvalue weighted by atomic mass is 35.5. The molecule has 2 heteroatoms. The van der Waals surface area contributed by atoms with Gasteiger partial charge in [-0.25, -0.2) is 0 Å². The predicted molar refractivity (Wildman–Crippen MR) is 70.2 cm³/mol. The molecule has 0 unspecified atom stereocenters. The van der Waals surface area contributed by atoms with Gasteiger partial charge in [-0.3, -0.25) is 0 Å². The normalized spacial score (nSPS) is 20.3. The highest BCUT2D eigenvalue weighted by Gasteiger charge is 2.18. The molecule has 1 aromatic rings. The molecule has 1 N–H and O–H groups in total. The van der Waals surface area contributed by atoms with E-state index in [1.54, 1.807) is 0 Å². The fourth-order valence-corrected chi connectivity index (χ4v) is 2.84. The maximum absolute atomic E-state index is 6.37. The van der Waals surface area contributed by atoms with Crippen molar-refractivity contribution in [2.45, 2.75) is 45.6 Å². The fourth-order valence-electron chi connectivity index (χ4n) is 2.46. The molecule has 2 rings (SSSR count). The monoisotopic (exact) mass is 237 g/mol. The summed E-state index contributed by atoms with van der Waals surface area (Å²) in [5.74, 6) is 0. The van der Waals surface area contributed by atoms with Crippen molar-refractivity contribution in [1.82, 2.24) is 5.32 Å². The van der Waals surface area contributed by atoms with Gasteiger partial charge in [0.1, 0.15) is 0 Å². The average Bonchev–Trinajstić information content (AvgIpc) is 2.83. The van der Waals surface area contributed by atoms with Crippen LogP contribution in [-0.4, -0.2) is 6.54 Å². The Morgan fingerprint density at radius 2 is 1.88 bits per heavy atom. The summed E-state index contributed by atoms with van der Waals surface area (Å²) >= 11 is 6.37. The predicted octanol–water partition coefficient (Wildman–Crippen LogP) is 3.89. The number of rotatable bonds is 3. The molecule has 1 aliphatic rings. The Hall–Kier alpha value is -0.530. The van der Waals surface area contributed by atoms with E-state index < -0.39 is 0 Å². The van der Waals surface area contributed by atoms with Crippen LogP contribution in [0.2, 0.25) is 5.02 Å². The largest absolute Gasteiger partial charge is 0.310 e. The third-order valence-corrected chi connectivity index (χ3v) is 3.96. The third-order valence-electron chi connectivity index (χ3n) is 3.47. The Bertz CT molecular complexity index is 342. The van der Waals surface area contributed by atoms with Crippen molar-refractivity contribution in [2.75, 3.05) is 6.54 Å². The number of hydrogen-bond acceptors (Lipinski definition) is 1. The zero-order valence-electron chi connectivity index (χ0n) is 10.1. The first-order valence-electron chi connectivity index (χ1n) is 6.30. The summed E-state index contributed by atoms with van der Waals surface area (Å²) in [5.41, 5.74) is 4.02. The highest BCUT2D eigenvalue weighted by Crippen LogP contribution is 2.30. The van der Waals surface area contributed by atoms with E-state index in [2.05, 4.69) is 31.3 Å². The maximum Gasteiger partial charge on any atom is 0.0469 e. The lowest BCUT2D eigenvalue weighted by molar-refractivity contribution is 0.646. The average molecular weight is 238 g/mol. The number of halogens is 1. The van der Waals surface area contributed by atoms with Gasteiger partial charge in [0.2, 0.25) is 0 Å². The Labute approximate surface area is 103 Å². The Morgan fingerprint density at radius 3 is 2.31 bits per heavy atom. The summed E-state index contributed by atoms with van der Waals surface area (Å²) in [4.78, 5) is 0. The molecular formula is C14H20ClN. The smallest absolute Gasteiger partial charge is 0.0469 e. The molecule has 88 valence electrons. The van der Waals surface area contributed by atoms with Gasteiger partial charge in [0.15, 0.2) is 0 Å². The first-order chi connectivity index (χ1) is 7.76. The molecule has 0 amide bonds. The minimum Gasteiger partial charge on any atom is -0.310 e. The Balaban J connectivity index is 2.37. The van der Waals surface area contributed by atoms with Gasteiger partial charge in [-0.1, -0.05) is 37.6 Å². The van der Waals surface area contributed by atoms with Crippen LogP contribution in [0.3, 0.4) is 0 Å². The molecule has 0 bridgehead atoms. The van der Waals surface area contributed by atoms with Crippen molar-refractivity contribution in [3.63, 3.8) is 0 Å². The van der Waals surface area contributed by atoms with E-state index in [0.29, 0.717) is 6.04 Å². The van der Waals surface area contributed by atoms with Crippen LogP contribution in [-0.2, 0) is 12.8 Å². The lowest BCUT2D eigenvalue weighted by Crippen LogP contribution is -2.13. The maximum atomic E-state index is 6.37. The zero-order chi connectivity index (χ0) is 11.5. The molecule has 0 aromatic heterocycles. The minimum absolute atomic E-state index is 0.549. The zero-order valence-corrected chi connectivity index (χ0v) is 10.9. The molecule has 1 atom stereocenters. The number of nitrogens with one attached hydrogen (secondary N) is 1. The molecule has 1 aromatic carbocycles. The molecule has 1 nitrogen and oxygen atoms in total. The lowest BCUT2D eigenvalue weighted by Gasteiger charge is -2.16. The highest BCUT2D eigenvalue weighted by molar-refractivity contribution is 6.32. The van der Waals surface area contributed by atoms with E-state index >= 15 is 0 Å². The second kappa shape index (κ2) is 5.20. The van der Waals surface area contributed by atoms with Crippen molar-refractivity contribution >= 4 is 11.6 Å². The van der Waals surface area contributed by atoms with Crippen LogP contribution in [0.5, 0.6) is 0 Å². The molecule has 1 saturated heterocycles. The number of benzene rings is 1. The summed E-state index contributed by atoms with van der Waals surface area (Å²) in [6, 6.07) is 5.11. The van der Waals surface area contributed by atoms with Crippen LogP contribution in [0, 0.1) is 0 Å². The van der Waals surface area contributed by atoms with Gasteiger partial charge >= 0.3 is 0 Å². The number of hydrogen-bond donors (Lipinski definition) is 1. The standard InChI is InChI=1S/C14H20ClN/c1-3-10-8-12(13-6-5-7-16-13)9-11(4-2)14(10)15/h8-9,13,16H,3-7H2,1-2H3/t13-/m0/s1. The lowest BCUT2D eigenvalue weighted by atomic mass is 9.97. The molecule has 0 spiro atoms. The number of aryl methyl sites for hydroxylation is 2. The van der Waals surface area contributed by atoms with E-state index in [0.717, 1.165) is 24.4 Å². The van der Waals surface area contributed by atoms with Gasteiger partial charge in [-0.05, 0) is 48.9 Å². The molecule has 0 aliphatic carbocycles. The third kappa shape index (κ3) is 2.26. The summed E-state index contributed by atoms with van der Waals surface area (Å²) in [6.07, 6.45) is 4.59. The minimum atomic E-state index is 0.549. The molecule has 0 radical (unpaired) electrons. The topological polar surface area (TPSA) is 12.0 Å². The van der Waals surface area contributed by atoms with Crippen LogP contribution in [0.15, 0.2) is 12.1 Å². The second-order valence-electron chi connectivity index (χ2n) is 4.51. The van der Waals surface area contributed by atoms with E-state index in [9.17, 15) is 0 Å². The van der Waals surface area contributed by atoms with Crippen molar-refractivity contribution in [1.29, 1.82) is 0 Å². The van der Waals surface area contributed by atoms with Crippen LogP contribution < -0.4 is 5.32 Å². The quantitative estimate of drug-likeness (QED) is 0.841. The summed E-state index contributed by atoms with van der Waals surface area (Å²) in [6.45, 7) is 5.50. The van der Waals surface area contributed by atoms with Crippen molar-refractivity contribution in [3.05, 3.63) is 33.8 Å². The van der Waals surface area contributed by atoms with Crippen molar-refractivity contribution < 1.29 is 0 Å². The van der Waals surface area contributed by atoms with Crippen molar-refractivity contribution in [3.8, 4) is 0 Å². The summed E-state index contributed by atoms with van der Waals surface area (Å²) in [5, 5.41) is 4.53. The Kier molecular flexibility index (Phi) is 3.88. The molecule has 1 aliphatic heterocycles. The van der Waals surface area contributed by atoms with Gasteiger partial charge < -0.3 is 5.32 Å². The van der Waals surface area contributed by atoms with Crippen LogP contribution in [0.4, 0.5) is 0 Å². The van der Waals surface area contributed by atoms with Crippen LogP contribution >= 0.6 is 11.6 Å². The van der Waals surface area contributed by atoms with Gasteiger partial charge in [-0.2, -0.15) is 0 Å². The van der Waals surface area contributed by atoms with Gasteiger partial charge in [0.25, 0.3) is 0 Å². The first-order valence-corrected chi connectivity index (χ1v) is 6.68. The fraction of sp³-hybridized carbons (Fsp3) is 0.571. The van der Waals surface area contributed by atoms with E-state index in [1.165, 1.54) is 29.5 Å². The van der Waals surface area contributed by atoms with Crippen LogP contribution in [0.1, 0.15) is 49.4 Å². The van der Waals surface area contributed by atoms with Gasteiger partial charge in [0, 0.05) is 11.1 Å². The first kappa shape index (κ1) is 11.9. The van der Waals surface area contributed by atoms with E-state index in [-0.39, 0.29) is 0 Å². The van der Waals surface area contributed by atoms with E-state index in [1.807, 2.05) is 0 Å². The molecule has 0 saturated carbocycles. The van der Waals surface area contributed by atoms with Gasteiger partial charge in [-0.15, -0.1) is 0 Å². The molecular weight excluding hydrogens is 218 g/mol. The van der Waals surface area contributed by atoms with Crippen molar-refractivity contribution in [2.24, 2.45) is 0 Å². The SMILES string of the molecule is CCc1cc([C@@H]2CCCN2)cc(CC)c1Cl. The molecule has 1 fully saturated rings. The van der Waals surface area contributed by atoms with Crippen LogP contribution in [0.25, 0.3) is 0 Å². The Morgan fingerprint density at radius 1 is 1.25 bits per heavy atom. The van der Waals surface area contributed by atoms with Gasteiger partial charge in [0.05, 0.1) is 0 Å².